The molecule has 1 aromatic rings. The van der Waals surface area contributed by atoms with E-state index in [1.807, 2.05) is 12.2 Å². The number of phenols is 1. The van der Waals surface area contributed by atoms with E-state index >= 15 is 0 Å². The Morgan fingerprint density at radius 3 is 1.92 bits per heavy atom. The van der Waals surface area contributed by atoms with Crippen LogP contribution in [0.25, 0.3) is 0 Å². The quantitative estimate of drug-likeness (QED) is 0.442. The maximum absolute atomic E-state index is 10.8. The van der Waals surface area contributed by atoms with Crippen LogP contribution >= 0.6 is 0 Å². The predicted molar refractivity (Wildman–Crippen MR) is 104 cm³/mol. The molecule has 0 bridgehead atoms. The zero-order valence-electron chi connectivity index (χ0n) is 16.1. The number of aromatic hydroxyl groups is 1. The SMILES string of the molecule is C=CCNC(=[NH+]CC=C)c1cc(C(C)(C)C)c(O)c(C(C)(C)C)c1. The van der Waals surface area contributed by atoms with E-state index in [9.17, 15) is 5.11 Å². The van der Waals surface area contributed by atoms with Crippen LogP contribution in [-0.2, 0) is 10.8 Å². The third-order valence-corrected chi connectivity index (χ3v) is 3.86. The van der Waals surface area contributed by atoms with Crippen LogP contribution in [0.4, 0.5) is 0 Å². The fraction of sp³-hybridized carbons (Fsp3) is 0.476. The average molecular weight is 330 g/mol. The number of nitrogens with one attached hydrogen (secondary N) is 2. The summed E-state index contributed by atoms with van der Waals surface area (Å²) in [6, 6.07) is 4.12. The van der Waals surface area contributed by atoms with Crippen LogP contribution in [0.3, 0.4) is 0 Å². The van der Waals surface area contributed by atoms with Crippen LogP contribution < -0.4 is 10.3 Å². The lowest BCUT2D eigenvalue weighted by Crippen LogP contribution is -2.76. The van der Waals surface area contributed by atoms with Crippen molar-refractivity contribution in [3.8, 4) is 5.75 Å². The van der Waals surface area contributed by atoms with E-state index < -0.39 is 0 Å². The maximum atomic E-state index is 10.8. The molecule has 0 atom stereocenters. The van der Waals surface area contributed by atoms with E-state index in [1.165, 1.54) is 0 Å². The van der Waals surface area contributed by atoms with Gasteiger partial charge >= 0.3 is 0 Å². The maximum Gasteiger partial charge on any atom is 0.275 e. The summed E-state index contributed by atoms with van der Waals surface area (Å²) in [7, 11) is 0. The van der Waals surface area contributed by atoms with Crippen LogP contribution in [0, 0.1) is 0 Å². The Bertz CT molecular complexity index is 593. The zero-order valence-corrected chi connectivity index (χ0v) is 16.1. The summed E-state index contributed by atoms with van der Waals surface area (Å²) < 4.78 is 0. The molecule has 0 aliphatic rings. The van der Waals surface area contributed by atoms with Gasteiger partial charge in [-0.25, -0.2) is 0 Å². The fourth-order valence-corrected chi connectivity index (χ4v) is 2.54. The van der Waals surface area contributed by atoms with Crippen molar-refractivity contribution < 1.29 is 10.1 Å². The first kappa shape index (κ1) is 20.0. The molecule has 0 spiro atoms. The van der Waals surface area contributed by atoms with Gasteiger partial charge in [0.1, 0.15) is 18.8 Å². The second-order valence-corrected chi connectivity index (χ2v) is 8.13. The van der Waals surface area contributed by atoms with Gasteiger partial charge in [0.05, 0.1) is 5.56 Å². The third kappa shape index (κ3) is 4.98. The molecule has 132 valence electrons. The molecule has 0 saturated carbocycles. The highest BCUT2D eigenvalue weighted by Crippen LogP contribution is 2.39. The molecule has 1 rings (SSSR count). The smallest absolute Gasteiger partial charge is 0.275 e. The lowest BCUT2D eigenvalue weighted by molar-refractivity contribution is -0.446. The molecule has 0 unspecified atom stereocenters. The minimum absolute atomic E-state index is 0.151. The van der Waals surface area contributed by atoms with Crippen LogP contribution in [0.5, 0.6) is 5.75 Å². The van der Waals surface area contributed by atoms with Crippen molar-refractivity contribution in [2.75, 3.05) is 13.1 Å². The summed E-state index contributed by atoms with van der Waals surface area (Å²) >= 11 is 0. The first-order valence-electron chi connectivity index (χ1n) is 8.47. The third-order valence-electron chi connectivity index (χ3n) is 3.86. The van der Waals surface area contributed by atoms with E-state index in [0.29, 0.717) is 18.8 Å². The van der Waals surface area contributed by atoms with Crippen molar-refractivity contribution in [1.82, 2.24) is 5.32 Å². The molecule has 3 N–H and O–H groups in total. The van der Waals surface area contributed by atoms with Gasteiger partial charge in [-0.05, 0) is 23.0 Å². The Morgan fingerprint density at radius 1 is 1.04 bits per heavy atom. The van der Waals surface area contributed by atoms with E-state index in [-0.39, 0.29) is 10.8 Å². The molecule has 24 heavy (non-hydrogen) atoms. The molecule has 0 fully saturated rings. The van der Waals surface area contributed by atoms with Gasteiger partial charge in [0.25, 0.3) is 5.84 Å². The first-order chi connectivity index (χ1) is 11.0. The molecule has 0 aromatic heterocycles. The van der Waals surface area contributed by atoms with Crippen LogP contribution in [-0.4, -0.2) is 24.0 Å². The molecular formula is C21H33N2O+. The van der Waals surface area contributed by atoms with E-state index in [0.717, 1.165) is 22.5 Å². The van der Waals surface area contributed by atoms with Crippen molar-refractivity contribution in [3.63, 3.8) is 0 Å². The highest BCUT2D eigenvalue weighted by atomic mass is 16.3. The molecule has 0 amide bonds. The summed E-state index contributed by atoms with van der Waals surface area (Å²) in [4.78, 5) is 3.36. The van der Waals surface area contributed by atoms with Crippen LogP contribution in [0.1, 0.15) is 58.2 Å². The molecule has 1 aromatic carbocycles. The Balaban J connectivity index is 3.61. The normalized spacial score (nSPS) is 12.8. The summed E-state index contributed by atoms with van der Waals surface area (Å²) in [5, 5.41) is 14.2. The van der Waals surface area contributed by atoms with Crippen molar-refractivity contribution in [1.29, 1.82) is 0 Å². The average Bonchev–Trinajstić information content (AvgIpc) is 2.45. The summed E-state index contributed by atoms with van der Waals surface area (Å²) in [6.45, 7) is 21.6. The van der Waals surface area contributed by atoms with Gasteiger partial charge in [-0.3, -0.25) is 10.3 Å². The van der Waals surface area contributed by atoms with Crippen molar-refractivity contribution in [2.24, 2.45) is 0 Å². The van der Waals surface area contributed by atoms with E-state index in [2.05, 4.69) is 77.1 Å². The Kier molecular flexibility index (Phi) is 6.42. The fourth-order valence-electron chi connectivity index (χ4n) is 2.54. The number of hydrogen-bond acceptors (Lipinski definition) is 1. The highest BCUT2D eigenvalue weighted by Gasteiger charge is 2.28. The van der Waals surface area contributed by atoms with Crippen molar-refractivity contribution in [3.05, 3.63) is 54.1 Å². The van der Waals surface area contributed by atoms with E-state index in [4.69, 9.17) is 0 Å². The number of hydrogen-bond donors (Lipinski definition) is 3. The molecule has 0 aliphatic heterocycles. The molecule has 3 heteroatoms. The lowest BCUT2D eigenvalue weighted by atomic mass is 9.78. The second-order valence-electron chi connectivity index (χ2n) is 8.13. The van der Waals surface area contributed by atoms with Crippen LogP contribution in [0.2, 0.25) is 0 Å². The molecular weight excluding hydrogens is 296 g/mol. The van der Waals surface area contributed by atoms with Gasteiger partial charge in [-0.1, -0.05) is 66.9 Å². The number of benzene rings is 1. The van der Waals surface area contributed by atoms with Crippen LogP contribution in [0.15, 0.2) is 37.4 Å². The van der Waals surface area contributed by atoms with Gasteiger partial charge in [-0.15, -0.1) is 0 Å². The molecule has 3 nitrogen and oxygen atoms in total. The number of amidine groups is 1. The Labute approximate surface area is 147 Å². The molecule has 0 aliphatic carbocycles. The second kappa shape index (κ2) is 7.69. The molecule has 0 heterocycles. The summed E-state index contributed by atoms with van der Waals surface area (Å²) in [5.74, 6) is 1.32. The topological polar surface area (TPSA) is 46.2 Å². The summed E-state index contributed by atoms with van der Waals surface area (Å²) in [5.41, 5.74) is 2.63. The highest BCUT2D eigenvalue weighted by molar-refractivity contribution is 5.95. The van der Waals surface area contributed by atoms with Crippen molar-refractivity contribution >= 4 is 5.84 Å². The number of rotatable bonds is 5. The van der Waals surface area contributed by atoms with Crippen molar-refractivity contribution in [2.45, 2.75) is 52.4 Å². The minimum atomic E-state index is -0.151. The Morgan fingerprint density at radius 2 is 1.54 bits per heavy atom. The first-order valence-corrected chi connectivity index (χ1v) is 8.47. The van der Waals surface area contributed by atoms with Gasteiger partial charge < -0.3 is 5.11 Å². The van der Waals surface area contributed by atoms with Gasteiger partial charge in [0.2, 0.25) is 0 Å². The standard InChI is InChI=1S/C21H32N2O/c1-9-11-22-19(23-12-10-2)15-13-16(20(3,4)5)18(24)17(14-15)21(6,7)8/h9-10,13-14,24H,1-2,11-12H2,3-8H3,(H,22,23)/p+1. The molecule has 0 saturated heterocycles. The minimum Gasteiger partial charge on any atom is -0.507 e. The largest absolute Gasteiger partial charge is 0.507 e. The zero-order chi connectivity index (χ0) is 18.5. The predicted octanol–water partition coefficient (Wildman–Crippen LogP) is 2.78. The van der Waals surface area contributed by atoms with Gasteiger partial charge in [0, 0.05) is 11.1 Å². The lowest BCUT2D eigenvalue weighted by Gasteiger charge is -2.28. The van der Waals surface area contributed by atoms with Gasteiger partial charge in [0.15, 0.2) is 0 Å². The van der Waals surface area contributed by atoms with Gasteiger partial charge in [-0.2, -0.15) is 0 Å². The monoisotopic (exact) mass is 329 g/mol. The van der Waals surface area contributed by atoms with E-state index in [1.54, 1.807) is 0 Å². The molecule has 0 radical (unpaired) electrons. The summed E-state index contributed by atoms with van der Waals surface area (Å²) in [6.07, 6.45) is 3.65. The Hall–Kier alpha value is -2.03. The number of phenolic OH excluding ortho intramolecular Hbond substituents is 1.